The molecule has 2 N–H and O–H groups in total. The summed E-state index contributed by atoms with van der Waals surface area (Å²) in [7, 11) is 0. The van der Waals surface area contributed by atoms with Gasteiger partial charge in [-0.15, -0.1) is 11.3 Å². The molecule has 5 nitrogen and oxygen atoms in total. The summed E-state index contributed by atoms with van der Waals surface area (Å²) in [5.41, 5.74) is 2.11. The van der Waals surface area contributed by atoms with Crippen LogP contribution in [-0.4, -0.2) is 33.1 Å². The zero-order valence-corrected chi connectivity index (χ0v) is 18.0. The third-order valence-electron chi connectivity index (χ3n) is 5.74. The molecule has 0 fully saturated rings. The maximum Gasteiger partial charge on any atom is 0.259 e. The number of benzene rings is 1. The molecule has 154 valence electrons. The molecule has 0 saturated carbocycles. The molecule has 3 aromatic rings. The van der Waals surface area contributed by atoms with E-state index in [1.54, 1.807) is 11.3 Å². The molecular weight excluding hydrogens is 382 g/mol. The van der Waals surface area contributed by atoms with Crippen molar-refractivity contribution >= 4 is 21.6 Å². The van der Waals surface area contributed by atoms with E-state index in [2.05, 4.69) is 23.7 Å². The minimum Gasteiger partial charge on any atom is -0.387 e. The van der Waals surface area contributed by atoms with Gasteiger partial charge in [-0.3, -0.25) is 9.69 Å². The van der Waals surface area contributed by atoms with Crippen LogP contribution in [0.2, 0.25) is 0 Å². The summed E-state index contributed by atoms with van der Waals surface area (Å²) >= 11 is 1.68. The van der Waals surface area contributed by atoms with Crippen LogP contribution in [0.3, 0.4) is 0 Å². The standard InChI is InChI=1S/C23H29N3O2S/c1-3-11-26(13-18(27)16-7-5-4-6-8-16)14-20-24-22(28)21-17-10-9-15(2)12-19(17)29-23(21)25-20/h4-8,15,18,27H,3,9-14H2,1-2H3,(H,24,25,28)/t15-,18-/m0/s1. The Morgan fingerprint density at radius 1 is 1.34 bits per heavy atom. The third kappa shape index (κ3) is 4.44. The molecule has 0 radical (unpaired) electrons. The number of aliphatic hydroxyl groups excluding tert-OH is 1. The Balaban J connectivity index is 1.57. The number of aryl methyl sites for hydroxylation is 1. The molecule has 0 amide bonds. The van der Waals surface area contributed by atoms with Gasteiger partial charge in [-0.05, 0) is 49.3 Å². The highest BCUT2D eigenvalue weighted by Gasteiger charge is 2.23. The predicted octanol–water partition coefficient (Wildman–Crippen LogP) is 4.06. The number of rotatable bonds is 7. The van der Waals surface area contributed by atoms with Crippen molar-refractivity contribution in [2.75, 3.05) is 13.1 Å². The number of thiophene rings is 1. The Hall–Kier alpha value is -2.02. The van der Waals surface area contributed by atoms with Gasteiger partial charge >= 0.3 is 0 Å². The first-order chi connectivity index (χ1) is 14.0. The van der Waals surface area contributed by atoms with Gasteiger partial charge < -0.3 is 10.1 Å². The number of aromatic nitrogens is 2. The lowest BCUT2D eigenvalue weighted by molar-refractivity contribution is 0.107. The first-order valence-electron chi connectivity index (χ1n) is 10.5. The van der Waals surface area contributed by atoms with E-state index >= 15 is 0 Å². The van der Waals surface area contributed by atoms with Gasteiger partial charge in [0, 0.05) is 11.4 Å². The van der Waals surface area contributed by atoms with Crippen LogP contribution in [0.25, 0.3) is 10.2 Å². The quantitative estimate of drug-likeness (QED) is 0.615. The summed E-state index contributed by atoms with van der Waals surface area (Å²) < 4.78 is 0. The van der Waals surface area contributed by atoms with E-state index in [1.807, 2.05) is 30.3 Å². The maximum atomic E-state index is 12.8. The van der Waals surface area contributed by atoms with Gasteiger partial charge in [0.2, 0.25) is 0 Å². The van der Waals surface area contributed by atoms with Gasteiger partial charge in [-0.25, -0.2) is 4.98 Å². The predicted molar refractivity (Wildman–Crippen MR) is 118 cm³/mol. The summed E-state index contributed by atoms with van der Waals surface area (Å²) in [5.74, 6) is 1.36. The molecule has 0 aliphatic heterocycles. The average Bonchev–Trinajstić information content (AvgIpc) is 3.06. The average molecular weight is 412 g/mol. The van der Waals surface area contributed by atoms with E-state index in [0.29, 0.717) is 24.8 Å². The summed E-state index contributed by atoms with van der Waals surface area (Å²) in [4.78, 5) is 25.0. The molecule has 2 aromatic heterocycles. The van der Waals surface area contributed by atoms with Crippen molar-refractivity contribution in [1.29, 1.82) is 0 Å². The summed E-state index contributed by atoms with van der Waals surface area (Å²) in [6, 6.07) is 9.71. The molecule has 4 rings (SSSR count). The number of fused-ring (bicyclic) bond motifs is 3. The van der Waals surface area contributed by atoms with Gasteiger partial charge in [0.1, 0.15) is 10.7 Å². The van der Waals surface area contributed by atoms with E-state index in [0.717, 1.165) is 48.0 Å². The molecule has 1 aliphatic carbocycles. The number of hydrogen-bond donors (Lipinski definition) is 2. The fraction of sp³-hybridized carbons (Fsp3) is 0.478. The second kappa shape index (κ2) is 8.78. The fourth-order valence-electron chi connectivity index (χ4n) is 4.26. The minimum atomic E-state index is -0.561. The van der Waals surface area contributed by atoms with Crippen LogP contribution < -0.4 is 5.56 Å². The molecule has 0 saturated heterocycles. The highest BCUT2D eigenvalue weighted by molar-refractivity contribution is 7.18. The Bertz CT molecular complexity index is 1030. The summed E-state index contributed by atoms with van der Waals surface area (Å²) in [5, 5.41) is 11.4. The van der Waals surface area contributed by atoms with Crippen LogP contribution in [0.4, 0.5) is 0 Å². The van der Waals surface area contributed by atoms with Crippen molar-refractivity contribution in [3.05, 3.63) is 62.5 Å². The normalized spacial score (nSPS) is 17.6. The first kappa shape index (κ1) is 20.3. The molecule has 0 spiro atoms. The zero-order chi connectivity index (χ0) is 20.4. The van der Waals surface area contributed by atoms with E-state index in [-0.39, 0.29) is 5.56 Å². The Labute approximate surface area is 175 Å². The fourth-order valence-corrected chi connectivity index (χ4v) is 5.66. The van der Waals surface area contributed by atoms with E-state index in [9.17, 15) is 9.90 Å². The van der Waals surface area contributed by atoms with Crippen LogP contribution in [0, 0.1) is 5.92 Å². The topological polar surface area (TPSA) is 69.2 Å². The van der Waals surface area contributed by atoms with Crippen LogP contribution in [-0.2, 0) is 19.4 Å². The smallest absolute Gasteiger partial charge is 0.259 e. The van der Waals surface area contributed by atoms with E-state index < -0.39 is 6.10 Å². The number of nitrogens with zero attached hydrogens (tertiary/aromatic N) is 2. The highest BCUT2D eigenvalue weighted by atomic mass is 32.1. The van der Waals surface area contributed by atoms with Crippen molar-refractivity contribution in [3.63, 3.8) is 0 Å². The molecule has 0 unspecified atom stereocenters. The van der Waals surface area contributed by atoms with Gasteiger partial charge in [-0.1, -0.05) is 44.2 Å². The lowest BCUT2D eigenvalue weighted by Gasteiger charge is -2.24. The van der Waals surface area contributed by atoms with E-state index in [1.165, 1.54) is 10.4 Å². The Morgan fingerprint density at radius 2 is 2.14 bits per heavy atom. The molecule has 1 aliphatic rings. The molecular formula is C23H29N3O2S. The second-order valence-corrected chi connectivity index (χ2v) is 9.29. The summed E-state index contributed by atoms with van der Waals surface area (Å²) in [6.45, 7) is 6.27. The molecule has 29 heavy (non-hydrogen) atoms. The maximum absolute atomic E-state index is 12.8. The molecule has 1 aromatic carbocycles. The van der Waals surface area contributed by atoms with E-state index in [4.69, 9.17) is 4.98 Å². The van der Waals surface area contributed by atoms with Crippen molar-refractivity contribution in [1.82, 2.24) is 14.9 Å². The van der Waals surface area contributed by atoms with Gasteiger partial charge in [-0.2, -0.15) is 0 Å². The first-order valence-corrected chi connectivity index (χ1v) is 11.4. The number of hydrogen-bond acceptors (Lipinski definition) is 5. The Morgan fingerprint density at radius 3 is 2.90 bits per heavy atom. The summed E-state index contributed by atoms with van der Waals surface area (Å²) in [6.07, 6.45) is 3.58. The molecule has 2 heterocycles. The van der Waals surface area contributed by atoms with Crippen LogP contribution in [0.5, 0.6) is 0 Å². The number of aliphatic hydroxyl groups is 1. The third-order valence-corrected chi connectivity index (χ3v) is 6.89. The molecule has 2 atom stereocenters. The largest absolute Gasteiger partial charge is 0.387 e. The SMILES string of the molecule is CCCN(Cc1nc2sc3c(c2c(=O)[nH]1)CC[C@H](C)C3)C[C@H](O)c1ccccc1. The Kier molecular flexibility index (Phi) is 6.13. The van der Waals surface area contributed by atoms with Crippen molar-refractivity contribution in [2.45, 2.75) is 52.2 Å². The number of H-pyrrole nitrogens is 1. The molecule has 0 bridgehead atoms. The van der Waals surface area contributed by atoms with Crippen LogP contribution >= 0.6 is 11.3 Å². The number of aromatic amines is 1. The van der Waals surface area contributed by atoms with Crippen LogP contribution in [0.1, 0.15) is 54.6 Å². The van der Waals surface area contributed by atoms with Crippen LogP contribution in [0.15, 0.2) is 35.1 Å². The monoisotopic (exact) mass is 411 g/mol. The van der Waals surface area contributed by atoms with Gasteiger partial charge in [0.25, 0.3) is 5.56 Å². The highest BCUT2D eigenvalue weighted by Crippen LogP contribution is 2.35. The lowest BCUT2D eigenvalue weighted by Crippen LogP contribution is -2.30. The lowest BCUT2D eigenvalue weighted by atomic mass is 9.89. The number of nitrogens with one attached hydrogen (secondary N) is 1. The van der Waals surface area contributed by atoms with Crippen molar-refractivity contribution < 1.29 is 5.11 Å². The zero-order valence-electron chi connectivity index (χ0n) is 17.1. The van der Waals surface area contributed by atoms with Crippen molar-refractivity contribution in [2.24, 2.45) is 5.92 Å². The van der Waals surface area contributed by atoms with Gasteiger partial charge in [0.15, 0.2) is 0 Å². The minimum absolute atomic E-state index is 0.0166. The molecule has 6 heteroatoms. The van der Waals surface area contributed by atoms with Gasteiger partial charge in [0.05, 0.1) is 18.0 Å². The van der Waals surface area contributed by atoms with Crippen molar-refractivity contribution in [3.8, 4) is 0 Å². The second-order valence-electron chi connectivity index (χ2n) is 8.21.